The number of nitrogens with zero attached hydrogens (tertiary/aromatic N) is 2. The predicted octanol–water partition coefficient (Wildman–Crippen LogP) is 1.85. The molecule has 96 valence electrons. The minimum absolute atomic E-state index is 0.0306. The third-order valence-corrected chi connectivity index (χ3v) is 2.56. The summed E-state index contributed by atoms with van der Waals surface area (Å²) in [6, 6.07) is 0. The predicted molar refractivity (Wildman–Crippen MR) is 70.2 cm³/mol. The van der Waals surface area contributed by atoms with Crippen LogP contribution in [0.2, 0.25) is 5.15 Å². The molecule has 0 saturated carbocycles. The largest absolute Gasteiger partial charge is 0.394 e. The zero-order chi connectivity index (χ0) is 13.1. The molecule has 17 heavy (non-hydrogen) atoms. The molecule has 0 fully saturated rings. The van der Waals surface area contributed by atoms with Crippen LogP contribution in [0.25, 0.3) is 0 Å². The molecule has 4 N–H and O–H groups in total. The monoisotopic (exact) mass is 258 g/mol. The molecule has 0 aliphatic heterocycles. The van der Waals surface area contributed by atoms with E-state index in [4.69, 9.17) is 17.3 Å². The summed E-state index contributed by atoms with van der Waals surface area (Å²) in [5, 5.41) is 12.5. The highest BCUT2D eigenvalue weighted by Crippen LogP contribution is 2.26. The molecule has 0 aromatic carbocycles. The molecular formula is C11H19ClN4O. The molecule has 1 heterocycles. The second kappa shape index (κ2) is 5.51. The van der Waals surface area contributed by atoms with E-state index in [1.54, 1.807) is 0 Å². The number of hydrogen-bond donors (Lipinski definition) is 3. The second-order valence-electron chi connectivity index (χ2n) is 4.61. The number of halogens is 1. The second-order valence-corrected chi connectivity index (χ2v) is 4.97. The minimum Gasteiger partial charge on any atom is -0.394 e. The van der Waals surface area contributed by atoms with Crippen LogP contribution in [0.5, 0.6) is 0 Å². The van der Waals surface area contributed by atoms with Gasteiger partial charge >= 0.3 is 0 Å². The van der Waals surface area contributed by atoms with Crippen LogP contribution < -0.4 is 11.1 Å². The summed E-state index contributed by atoms with van der Waals surface area (Å²) in [6.45, 7) is 5.71. The molecular weight excluding hydrogens is 240 g/mol. The molecule has 0 saturated heterocycles. The lowest BCUT2D eigenvalue weighted by Crippen LogP contribution is -2.35. The van der Waals surface area contributed by atoms with Crippen molar-refractivity contribution in [1.82, 2.24) is 9.97 Å². The lowest BCUT2D eigenvalue weighted by molar-refractivity contribution is 0.234. The quantitative estimate of drug-likeness (QED) is 0.702. The van der Waals surface area contributed by atoms with Gasteiger partial charge in [-0.2, -0.15) is 0 Å². The van der Waals surface area contributed by atoms with E-state index >= 15 is 0 Å². The summed E-state index contributed by atoms with van der Waals surface area (Å²) in [4.78, 5) is 8.42. The van der Waals surface area contributed by atoms with Crippen molar-refractivity contribution in [1.29, 1.82) is 0 Å². The molecule has 0 aliphatic carbocycles. The van der Waals surface area contributed by atoms with Crippen LogP contribution in [-0.2, 0) is 6.42 Å². The molecule has 0 radical (unpaired) electrons. The van der Waals surface area contributed by atoms with E-state index in [0.717, 1.165) is 12.8 Å². The maximum Gasteiger partial charge on any atom is 0.157 e. The average molecular weight is 259 g/mol. The zero-order valence-corrected chi connectivity index (χ0v) is 11.2. The first-order chi connectivity index (χ1) is 7.89. The van der Waals surface area contributed by atoms with Crippen LogP contribution in [0.4, 0.5) is 11.5 Å². The fourth-order valence-electron chi connectivity index (χ4n) is 1.28. The van der Waals surface area contributed by atoms with Crippen molar-refractivity contribution in [3.8, 4) is 0 Å². The molecule has 0 unspecified atom stereocenters. The van der Waals surface area contributed by atoms with Crippen molar-refractivity contribution in [2.24, 2.45) is 0 Å². The Morgan fingerprint density at radius 1 is 1.41 bits per heavy atom. The summed E-state index contributed by atoms with van der Waals surface area (Å²) in [6.07, 6.45) is 1.68. The van der Waals surface area contributed by atoms with Crippen molar-refractivity contribution in [2.75, 3.05) is 17.7 Å². The highest BCUT2D eigenvalue weighted by Gasteiger charge is 2.19. The highest BCUT2D eigenvalue weighted by atomic mass is 35.5. The van der Waals surface area contributed by atoms with Gasteiger partial charge in [0.05, 0.1) is 12.1 Å². The number of aromatic nitrogens is 2. The number of anilines is 2. The van der Waals surface area contributed by atoms with Gasteiger partial charge in [-0.05, 0) is 20.3 Å². The van der Waals surface area contributed by atoms with E-state index in [9.17, 15) is 5.11 Å². The van der Waals surface area contributed by atoms with Gasteiger partial charge in [-0.1, -0.05) is 18.5 Å². The van der Waals surface area contributed by atoms with Gasteiger partial charge in [0.1, 0.15) is 11.5 Å². The summed E-state index contributed by atoms with van der Waals surface area (Å²) in [5.74, 6) is 1.13. The number of aliphatic hydroxyl groups is 1. The van der Waals surface area contributed by atoms with Gasteiger partial charge in [0.2, 0.25) is 0 Å². The number of aliphatic hydroxyl groups excluding tert-OH is 1. The summed E-state index contributed by atoms with van der Waals surface area (Å²) >= 11 is 5.95. The average Bonchev–Trinajstić information content (AvgIpc) is 2.25. The molecule has 1 rings (SSSR count). The lowest BCUT2D eigenvalue weighted by Gasteiger charge is -2.25. The first-order valence-corrected chi connectivity index (χ1v) is 5.98. The van der Waals surface area contributed by atoms with Crippen molar-refractivity contribution >= 4 is 23.1 Å². The van der Waals surface area contributed by atoms with E-state index in [0.29, 0.717) is 17.3 Å². The lowest BCUT2D eigenvalue weighted by atomic mass is 10.1. The number of hydrogen-bond acceptors (Lipinski definition) is 5. The Labute approximate surface area is 106 Å². The minimum atomic E-state index is -0.505. The topological polar surface area (TPSA) is 84.1 Å². The van der Waals surface area contributed by atoms with Crippen LogP contribution in [0.1, 0.15) is 33.0 Å². The Kier molecular flexibility index (Phi) is 4.54. The van der Waals surface area contributed by atoms with Crippen LogP contribution in [0.15, 0.2) is 0 Å². The Bertz CT molecular complexity index is 395. The Hall–Kier alpha value is -1.07. The van der Waals surface area contributed by atoms with Gasteiger partial charge in [0.25, 0.3) is 0 Å². The van der Waals surface area contributed by atoms with E-state index in [1.807, 2.05) is 20.8 Å². The SMILES string of the molecule is CCCc1nc(Cl)c(N)c(NC(C)(C)CO)n1. The number of rotatable bonds is 5. The van der Waals surface area contributed by atoms with E-state index in [2.05, 4.69) is 15.3 Å². The van der Waals surface area contributed by atoms with Crippen LogP contribution >= 0.6 is 11.6 Å². The van der Waals surface area contributed by atoms with Gasteiger partial charge < -0.3 is 16.2 Å². The van der Waals surface area contributed by atoms with Gasteiger partial charge in [0, 0.05) is 6.42 Å². The molecule has 0 spiro atoms. The molecule has 5 nitrogen and oxygen atoms in total. The molecule has 0 atom stereocenters. The van der Waals surface area contributed by atoms with Gasteiger partial charge in [-0.3, -0.25) is 0 Å². The normalized spacial score (nSPS) is 11.6. The smallest absolute Gasteiger partial charge is 0.157 e. The summed E-state index contributed by atoms with van der Waals surface area (Å²) in [7, 11) is 0. The maximum absolute atomic E-state index is 9.21. The van der Waals surface area contributed by atoms with Crippen molar-refractivity contribution in [3.05, 3.63) is 11.0 Å². The molecule has 0 amide bonds. The number of aryl methyl sites for hydroxylation is 1. The van der Waals surface area contributed by atoms with Crippen LogP contribution in [0.3, 0.4) is 0 Å². The fraction of sp³-hybridized carbons (Fsp3) is 0.636. The molecule has 1 aromatic heterocycles. The summed E-state index contributed by atoms with van der Waals surface area (Å²) < 4.78 is 0. The van der Waals surface area contributed by atoms with Crippen LogP contribution in [-0.4, -0.2) is 27.2 Å². The zero-order valence-electron chi connectivity index (χ0n) is 10.4. The maximum atomic E-state index is 9.21. The van der Waals surface area contributed by atoms with E-state index < -0.39 is 5.54 Å². The highest BCUT2D eigenvalue weighted by molar-refractivity contribution is 6.32. The van der Waals surface area contributed by atoms with Crippen molar-refractivity contribution in [3.63, 3.8) is 0 Å². The standard InChI is InChI=1S/C11H19ClN4O/c1-4-5-7-14-9(12)8(13)10(15-7)16-11(2,3)6-17/h17H,4-6,13H2,1-3H3,(H,14,15,16). The van der Waals surface area contributed by atoms with Gasteiger partial charge in [-0.25, -0.2) is 9.97 Å². The Morgan fingerprint density at radius 2 is 2.06 bits per heavy atom. The Balaban J connectivity index is 3.05. The van der Waals surface area contributed by atoms with Crippen molar-refractivity contribution in [2.45, 2.75) is 39.2 Å². The number of nitrogens with two attached hydrogens (primary N) is 1. The Morgan fingerprint density at radius 3 is 2.59 bits per heavy atom. The molecule has 6 heteroatoms. The molecule has 0 bridgehead atoms. The first kappa shape index (κ1) is 14.0. The van der Waals surface area contributed by atoms with E-state index in [-0.39, 0.29) is 11.8 Å². The number of nitrogens with one attached hydrogen (secondary N) is 1. The van der Waals surface area contributed by atoms with Crippen molar-refractivity contribution < 1.29 is 5.11 Å². The van der Waals surface area contributed by atoms with Crippen LogP contribution in [0, 0.1) is 0 Å². The molecule has 0 aliphatic rings. The van der Waals surface area contributed by atoms with E-state index in [1.165, 1.54) is 0 Å². The van der Waals surface area contributed by atoms with Gasteiger partial charge in [0.15, 0.2) is 11.0 Å². The number of nitrogen functional groups attached to an aromatic ring is 1. The summed E-state index contributed by atoms with van der Waals surface area (Å²) in [5.41, 5.74) is 5.62. The fourth-order valence-corrected chi connectivity index (χ4v) is 1.46. The van der Waals surface area contributed by atoms with Gasteiger partial charge in [-0.15, -0.1) is 0 Å². The first-order valence-electron chi connectivity index (χ1n) is 5.60. The third kappa shape index (κ3) is 3.71. The third-order valence-electron chi connectivity index (χ3n) is 2.27. The molecule has 1 aromatic rings.